The van der Waals surface area contributed by atoms with E-state index in [1.165, 1.54) is 28.8 Å². The highest BCUT2D eigenvalue weighted by atomic mass is 32.2. The van der Waals surface area contributed by atoms with Crippen molar-refractivity contribution < 1.29 is 36.9 Å². The molecule has 4 aliphatic heterocycles. The molecular formula is C34H50FN7O7S. The van der Waals surface area contributed by atoms with Gasteiger partial charge in [-0.3, -0.25) is 9.69 Å². The van der Waals surface area contributed by atoms with Crippen molar-refractivity contribution in [3.63, 3.8) is 0 Å². The fourth-order valence-corrected chi connectivity index (χ4v) is 8.95. The zero-order valence-electron chi connectivity index (χ0n) is 29.4. The fourth-order valence-electron chi connectivity index (χ4n) is 7.57. The maximum atomic E-state index is 14.4. The number of nitrogens with zero attached hydrogens (tertiary/aromatic N) is 6. The topological polar surface area (TPSA) is 150 Å². The largest absolute Gasteiger partial charge is 0.451 e. The molecule has 0 unspecified atom stereocenters. The number of aliphatic hydroxyl groups is 1. The summed E-state index contributed by atoms with van der Waals surface area (Å²) in [6.45, 7) is 12.7. The summed E-state index contributed by atoms with van der Waals surface area (Å²) in [5, 5.41) is 11.2. The lowest BCUT2D eigenvalue weighted by Crippen LogP contribution is -2.62. The van der Waals surface area contributed by atoms with E-state index in [2.05, 4.69) is 24.5 Å². The summed E-state index contributed by atoms with van der Waals surface area (Å²) < 4.78 is 61.4. The van der Waals surface area contributed by atoms with E-state index in [1.54, 1.807) is 11.1 Å². The molecule has 4 saturated heterocycles. The second-order valence-electron chi connectivity index (χ2n) is 14.6. The van der Waals surface area contributed by atoms with Crippen molar-refractivity contribution in [2.75, 3.05) is 70.5 Å². The summed E-state index contributed by atoms with van der Waals surface area (Å²) >= 11 is 0. The third-order valence-corrected chi connectivity index (χ3v) is 11.9. The Balaban J connectivity index is 1.02. The van der Waals surface area contributed by atoms with Gasteiger partial charge in [0.25, 0.3) is 16.1 Å². The zero-order valence-corrected chi connectivity index (χ0v) is 30.2. The highest BCUT2D eigenvalue weighted by Crippen LogP contribution is 2.45. The van der Waals surface area contributed by atoms with Crippen LogP contribution in [-0.4, -0.2) is 133 Å². The third-order valence-electron chi connectivity index (χ3n) is 10.2. The molecule has 0 bridgehead atoms. The molecule has 2 aromatic rings. The quantitative estimate of drug-likeness (QED) is 0.353. The number of hydrogen-bond donors (Lipinski definition) is 2. The number of amides is 1. The minimum Gasteiger partial charge on any atom is -0.451 e. The van der Waals surface area contributed by atoms with Crippen molar-refractivity contribution >= 4 is 21.9 Å². The van der Waals surface area contributed by atoms with Crippen LogP contribution in [0, 0.1) is 11.2 Å². The molecule has 14 nitrogen and oxygen atoms in total. The number of benzene rings is 1. The number of carbonyl (C=O) groups is 1. The van der Waals surface area contributed by atoms with Crippen LogP contribution in [0.25, 0.3) is 0 Å². The van der Waals surface area contributed by atoms with E-state index in [0.717, 1.165) is 39.0 Å². The van der Waals surface area contributed by atoms with Crippen molar-refractivity contribution in [2.45, 2.75) is 77.3 Å². The lowest BCUT2D eigenvalue weighted by molar-refractivity contribution is -0.239. The number of anilines is 1. The van der Waals surface area contributed by atoms with Crippen LogP contribution in [0.15, 0.2) is 30.7 Å². The summed E-state index contributed by atoms with van der Waals surface area (Å²) in [5.74, 6) is -0.911. The molecular weight excluding hydrogens is 669 g/mol. The third kappa shape index (κ3) is 8.22. The van der Waals surface area contributed by atoms with Crippen molar-refractivity contribution in [3.05, 3.63) is 42.1 Å². The Kier molecular flexibility index (Phi) is 11.0. The van der Waals surface area contributed by atoms with E-state index in [9.17, 15) is 22.7 Å². The Morgan fingerprint density at radius 1 is 1.10 bits per heavy atom. The van der Waals surface area contributed by atoms with E-state index in [0.29, 0.717) is 57.3 Å². The number of carbonyl (C=O) groups excluding carboxylic acids is 1. The van der Waals surface area contributed by atoms with Crippen LogP contribution in [0.4, 0.5) is 10.2 Å². The summed E-state index contributed by atoms with van der Waals surface area (Å²) in [6, 6.07) is 3.40. The van der Waals surface area contributed by atoms with Gasteiger partial charge in [-0.05, 0) is 78.2 Å². The molecule has 2 N–H and O–H groups in total. The molecule has 6 rings (SSSR count). The van der Waals surface area contributed by atoms with Gasteiger partial charge in [-0.1, -0.05) is 0 Å². The Hall–Kier alpha value is -2.99. The first-order chi connectivity index (χ1) is 23.8. The van der Waals surface area contributed by atoms with Crippen LogP contribution in [0.5, 0.6) is 11.5 Å². The number of nitrogens with one attached hydrogen (secondary N) is 1. The Morgan fingerprint density at radius 2 is 1.80 bits per heavy atom. The number of likely N-dealkylation sites (tertiary alicyclic amines) is 1. The Bertz CT molecular complexity index is 1590. The number of halogens is 1. The predicted octanol–water partition coefficient (Wildman–Crippen LogP) is 2.60. The number of hydrogen-bond acceptors (Lipinski definition) is 11. The lowest BCUT2D eigenvalue weighted by atomic mass is 9.72. The monoisotopic (exact) mass is 719 g/mol. The molecule has 0 aliphatic carbocycles. The van der Waals surface area contributed by atoms with Gasteiger partial charge < -0.3 is 29.1 Å². The number of ether oxygens (including phenoxy) is 3. The van der Waals surface area contributed by atoms with Gasteiger partial charge in [0.15, 0.2) is 17.4 Å². The second kappa shape index (κ2) is 14.9. The number of β-amino-alcohol motifs (C(OH)–C–C–N with tert-alkyl or cyclic N) is 1. The number of morpholine rings is 1. The van der Waals surface area contributed by atoms with Gasteiger partial charge in [0.05, 0.1) is 38.1 Å². The molecule has 0 saturated carbocycles. The van der Waals surface area contributed by atoms with Gasteiger partial charge in [-0.2, -0.15) is 17.4 Å². The molecule has 1 aromatic carbocycles. The molecule has 16 heteroatoms. The maximum absolute atomic E-state index is 14.4. The molecule has 1 aromatic heterocycles. The van der Waals surface area contributed by atoms with Gasteiger partial charge >= 0.3 is 0 Å². The van der Waals surface area contributed by atoms with Gasteiger partial charge in [-0.25, -0.2) is 14.4 Å². The Morgan fingerprint density at radius 3 is 2.44 bits per heavy atom. The number of rotatable bonds is 11. The lowest BCUT2D eigenvalue weighted by Gasteiger charge is -2.55. The predicted molar refractivity (Wildman–Crippen MR) is 184 cm³/mol. The van der Waals surface area contributed by atoms with Crippen molar-refractivity contribution in [2.24, 2.45) is 5.41 Å². The van der Waals surface area contributed by atoms with E-state index in [1.807, 2.05) is 27.7 Å². The summed E-state index contributed by atoms with van der Waals surface area (Å²) in [7, 11) is -3.63. The molecule has 2 atom stereocenters. The highest BCUT2D eigenvalue weighted by Gasteiger charge is 2.47. The van der Waals surface area contributed by atoms with Crippen molar-refractivity contribution in [3.8, 4) is 11.5 Å². The van der Waals surface area contributed by atoms with Gasteiger partial charge in [0.2, 0.25) is 0 Å². The van der Waals surface area contributed by atoms with Crippen LogP contribution in [0.1, 0.15) is 63.7 Å². The number of aromatic nitrogens is 2. The minimum atomic E-state index is -3.63. The zero-order chi connectivity index (χ0) is 35.7. The number of piperidine rings is 1. The van der Waals surface area contributed by atoms with Gasteiger partial charge in [0.1, 0.15) is 17.9 Å². The molecule has 0 radical (unpaired) electrons. The first-order valence-electron chi connectivity index (χ1n) is 17.6. The van der Waals surface area contributed by atoms with Gasteiger partial charge in [-0.15, -0.1) is 0 Å². The molecule has 1 spiro atoms. The summed E-state index contributed by atoms with van der Waals surface area (Å²) in [4.78, 5) is 28.3. The first kappa shape index (κ1) is 36.8. The normalized spacial score (nSPS) is 24.8. The SMILES string of the molecule is CC(C)N(C(=O)c1cc(F)ccc1Oc1cncnc1N1CC2(CCN(C[C@@]3(O)CC[C@@H](NS(=O)(=O)N4CCOCC4)CO3)CC2)C1)C(C)C. The van der Waals surface area contributed by atoms with Crippen molar-refractivity contribution in [1.82, 2.24) is 28.8 Å². The molecule has 5 heterocycles. The van der Waals surface area contributed by atoms with Crippen LogP contribution >= 0.6 is 0 Å². The van der Waals surface area contributed by atoms with E-state index >= 15 is 0 Å². The van der Waals surface area contributed by atoms with Crippen LogP contribution < -0.4 is 14.4 Å². The maximum Gasteiger partial charge on any atom is 0.279 e. The minimum absolute atomic E-state index is 0.0856. The molecule has 276 valence electrons. The van der Waals surface area contributed by atoms with Crippen molar-refractivity contribution in [1.29, 1.82) is 0 Å². The van der Waals surface area contributed by atoms with E-state index < -0.39 is 27.9 Å². The second-order valence-corrected chi connectivity index (χ2v) is 16.3. The van der Waals surface area contributed by atoms with Crippen LogP contribution in [0.3, 0.4) is 0 Å². The molecule has 50 heavy (non-hydrogen) atoms. The van der Waals surface area contributed by atoms with E-state index in [-0.39, 0.29) is 41.3 Å². The molecule has 4 fully saturated rings. The highest BCUT2D eigenvalue weighted by molar-refractivity contribution is 7.87. The fraction of sp³-hybridized carbons (Fsp3) is 0.676. The van der Waals surface area contributed by atoms with E-state index in [4.69, 9.17) is 14.2 Å². The summed E-state index contributed by atoms with van der Waals surface area (Å²) in [6.07, 6.45) is 5.72. The molecule has 4 aliphatic rings. The average Bonchev–Trinajstić information content (AvgIpc) is 3.06. The smallest absolute Gasteiger partial charge is 0.279 e. The average molecular weight is 720 g/mol. The Labute approximate surface area is 294 Å². The first-order valence-corrected chi connectivity index (χ1v) is 19.0. The van der Waals surface area contributed by atoms with Crippen LogP contribution in [-0.2, 0) is 19.7 Å². The molecule has 1 amide bonds. The van der Waals surface area contributed by atoms with Crippen LogP contribution in [0.2, 0.25) is 0 Å². The summed E-state index contributed by atoms with van der Waals surface area (Å²) in [5.41, 5.74) is 0.229. The van der Waals surface area contributed by atoms with Gasteiger partial charge in [0, 0.05) is 56.1 Å². The standard InChI is InChI=1S/C34H50FN7O7S/c1-24(2)42(25(3)4)32(43)28-17-26(35)5-6-29(28)49-30-18-36-23-37-31(30)40-20-33(21-40)9-11-39(12-10-33)22-34(44)8-7-27(19-48-34)38-50(45,46)41-13-15-47-16-14-41/h5-6,17-18,23-25,27,38,44H,7-16,19-22H2,1-4H3/t27-,34-/m1/s1.